The van der Waals surface area contributed by atoms with Crippen LogP contribution in [0.25, 0.3) is 0 Å². The van der Waals surface area contributed by atoms with E-state index in [9.17, 15) is 14.9 Å². The van der Waals surface area contributed by atoms with Gasteiger partial charge in [0.05, 0.1) is 16.2 Å². The quantitative estimate of drug-likeness (QED) is 0.453. The van der Waals surface area contributed by atoms with Gasteiger partial charge in [-0.25, -0.2) is 4.79 Å². The van der Waals surface area contributed by atoms with Crippen LogP contribution < -0.4 is 11.1 Å². The molecule has 2 aromatic rings. The lowest BCUT2D eigenvalue weighted by Gasteiger charge is -2.10. The molecule has 0 aliphatic heterocycles. The molecule has 0 aliphatic rings. The number of nitro benzene ring substituents is 1. The van der Waals surface area contributed by atoms with E-state index < -0.39 is 10.9 Å². The summed E-state index contributed by atoms with van der Waals surface area (Å²) >= 11 is 5.83. The third-order valence-electron chi connectivity index (χ3n) is 2.70. The van der Waals surface area contributed by atoms with Crippen LogP contribution in [0.1, 0.15) is 10.4 Å². The monoisotopic (exact) mass is 307 g/mol. The van der Waals surface area contributed by atoms with Crippen molar-refractivity contribution in [3.05, 3.63) is 57.1 Å². The third kappa shape index (κ3) is 3.21. The molecule has 0 heterocycles. The normalized spacial score (nSPS) is 10.1. The van der Waals surface area contributed by atoms with Crippen molar-refractivity contribution >= 4 is 40.3 Å². The Hall–Kier alpha value is -2.80. The van der Waals surface area contributed by atoms with Gasteiger partial charge < -0.3 is 16.2 Å². The number of halogens is 1. The number of nitrogens with zero attached hydrogens (tertiary/aromatic N) is 1. The van der Waals surface area contributed by atoms with Gasteiger partial charge in [0.2, 0.25) is 0 Å². The number of nitrogen functional groups attached to an aromatic ring is 1. The lowest BCUT2D eigenvalue weighted by atomic mass is 10.1. The molecule has 0 saturated carbocycles. The zero-order valence-corrected chi connectivity index (χ0v) is 11.3. The molecule has 21 heavy (non-hydrogen) atoms. The summed E-state index contributed by atoms with van der Waals surface area (Å²) in [5, 5.41) is 23.2. The number of nitrogens with one attached hydrogen (secondary N) is 1. The molecule has 8 heteroatoms. The summed E-state index contributed by atoms with van der Waals surface area (Å²) in [7, 11) is 0. The third-order valence-corrected chi connectivity index (χ3v) is 2.93. The van der Waals surface area contributed by atoms with E-state index in [2.05, 4.69) is 5.32 Å². The maximum Gasteiger partial charge on any atom is 0.337 e. The van der Waals surface area contributed by atoms with Crippen LogP contribution in [0.4, 0.5) is 22.7 Å². The summed E-state index contributed by atoms with van der Waals surface area (Å²) in [5.41, 5.74) is 5.72. The zero-order valence-electron chi connectivity index (χ0n) is 10.5. The van der Waals surface area contributed by atoms with Crippen LogP contribution in [0.3, 0.4) is 0 Å². The Morgan fingerprint density at radius 2 is 1.95 bits per heavy atom. The number of benzene rings is 2. The van der Waals surface area contributed by atoms with Gasteiger partial charge in [-0.2, -0.15) is 0 Å². The van der Waals surface area contributed by atoms with E-state index in [4.69, 9.17) is 22.4 Å². The number of carbonyl (C=O) groups is 1. The number of hydrogen-bond acceptors (Lipinski definition) is 5. The predicted molar refractivity (Wildman–Crippen MR) is 79.2 cm³/mol. The van der Waals surface area contributed by atoms with E-state index in [1.807, 2.05) is 0 Å². The van der Waals surface area contributed by atoms with Gasteiger partial charge in [-0.1, -0.05) is 11.6 Å². The van der Waals surface area contributed by atoms with Crippen molar-refractivity contribution in [2.75, 3.05) is 11.1 Å². The fourth-order valence-electron chi connectivity index (χ4n) is 1.76. The van der Waals surface area contributed by atoms with Crippen molar-refractivity contribution in [1.82, 2.24) is 0 Å². The number of nitro groups is 1. The Bertz CT molecular complexity index is 733. The number of aromatic carboxylic acids is 1. The number of rotatable bonds is 4. The van der Waals surface area contributed by atoms with Crippen molar-refractivity contribution in [3.63, 3.8) is 0 Å². The first-order valence-corrected chi connectivity index (χ1v) is 6.10. The summed E-state index contributed by atoms with van der Waals surface area (Å²) in [6, 6.07) is 8.18. The first-order chi connectivity index (χ1) is 9.88. The summed E-state index contributed by atoms with van der Waals surface area (Å²) in [4.78, 5) is 21.6. The molecule has 0 amide bonds. The average Bonchev–Trinajstić information content (AvgIpc) is 2.40. The molecule has 0 bridgehead atoms. The molecule has 0 aliphatic carbocycles. The van der Waals surface area contributed by atoms with Gasteiger partial charge in [-0.15, -0.1) is 0 Å². The van der Waals surface area contributed by atoms with Crippen molar-refractivity contribution < 1.29 is 14.8 Å². The van der Waals surface area contributed by atoms with Gasteiger partial charge in [0.15, 0.2) is 0 Å². The number of anilines is 3. The summed E-state index contributed by atoms with van der Waals surface area (Å²) in [6.45, 7) is 0. The molecule has 7 nitrogen and oxygen atoms in total. The van der Waals surface area contributed by atoms with E-state index in [0.29, 0.717) is 5.02 Å². The number of carboxylic acids is 1. The number of carboxylic acid groups (broad SMARTS) is 1. The first kappa shape index (κ1) is 14.6. The minimum absolute atomic E-state index is 0.0504. The molecular weight excluding hydrogens is 298 g/mol. The van der Waals surface area contributed by atoms with Gasteiger partial charge in [0.25, 0.3) is 5.69 Å². The summed E-state index contributed by atoms with van der Waals surface area (Å²) in [5.74, 6) is -1.17. The maximum absolute atomic E-state index is 11.2. The van der Waals surface area contributed by atoms with E-state index in [1.54, 1.807) is 0 Å². The van der Waals surface area contributed by atoms with Crippen LogP contribution in [0, 0.1) is 10.1 Å². The van der Waals surface area contributed by atoms with Crippen molar-refractivity contribution in [2.45, 2.75) is 0 Å². The molecule has 0 saturated heterocycles. The van der Waals surface area contributed by atoms with E-state index in [0.717, 1.165) is 0 Å². The topological polar surface area (TPSA) is 118 Å². The van der Waals surface area contributed by atoms with Gasteiger partial charge in [-0.3, -0.25) is 10.1 Å². The Labute approximate surface area is 124 Å². The first-order valence-electron chi connectivity index (χ1n) is 5.72. The molecule has 0 radical (unpaired) electrons. The standard InChI is InChI=1S/C13H10ClN3O4/c14-7-1-3-9(13(18)19)11(5-7)16-10-4-2-8(15)6-12(10)17(20)21/h1-6,16H,15H2,(H,18,19). The van der Waals surface area contributed by atoms with Crippen LogP contribution in [-0.4, -0.2) is 16.0 Å². The second kappa shape index (κ2) is 5.68. The van der Waals surface area contributed by atoms with Gasteiger partial charge in [-0.05, 0) is 30.3 Å². The molecule has 108 valence electrons. The highest BCUT2D eigenvalue weighted by molar-refractivity contribution is 6.31. The largest absolute Gasteiger partial charge is 0.478 e. The van der Waals surface area contributed by atoms with Crippen molar-refractivity contribution in [3.8, 4) is 0 Å². The molecule has 0 atom stereocenters. The fraction of sp³-hybridized carbons (Fsp3) is 0. The van der Waals surface area contributed by atoms with Crippen molar-refractivity contribution in [2.24, 2.45) is 0 Å². The minimum atomic E-state index is -1.17. The zero-order chi connectivity index (χ0) is 15.6. The lowest BCUT2D eigenvalue weighted by molar-refractivity contribution is -0.383. The van der Waals surface area contributed by atoms with Crippen LogP contribution in [0.5, 0.6) is 0 Å². The molecular formula is C13H10ClN3O4. The Morgan fingerprint density at radius 1 is 1.24 bits per heavy atom. The summed E-state index contributed by atoms with van der Waals surface area (Å²) in [6.07, 6.45) is 0. The van der Waals surface area contributed by atoms with Crippen molar-refractivity contribution in [1.29, 1.82) is 0 Å². The molecule has 0 spiro atoms. The Kier molecular flexibility index (Phi) is 3.95. The van der Waals surface area contributed by atoms with E-state index in [1.165, 1.54) is 36.4 Å². The van der Waals surface area contributed by atoms with Gasteiger partial charge in [0.1, 0.15) is 5.69 Å². The van der Waals surface area contributed by atoms with E-state index in [-0.39, 0.29) is 28.3 Å². The molecule has 2 aromatic carbocycles. The lowest BCUT2D eigenvalue weighted by Crippen LogP contribution is -2.04. The highest BCUT2D eigenvalue weighted by Crippen LogP contribution is 2.32. The molecule has 0 aromatic heterocycles. The number of nitrogens with two attached hydrogens (primary N) is 1. The van der Waals surface area contributed by atoms with Crippen LogP contribution in [0.2, 0.25) is 5.02 Å². The second-order valence-corrected chi connectivity index (χ2v) is 4.59. The van der Waals surface area contributed by atoms with Gasteiger partial charge >= 0.3 is 5.97 Å². The Balaban J connectivity index is 2.50. The smallest absolute Gasteiger partial charge is 0.337 e. The fourth-order valence-corrected chi connectivity index (χ4v) is 1.93. The highest BCUT2D eigenvalue weighted by atomic mass is 35.5. The maximum atomic E-state index is 11.2. The predicted octanol–water partition coefficient (Wildman–Crippen LogP) is 3.27. The van der Waals surface area contributed by atoms with E-state index >= 15 is 0 Å². The average molecular weight is 308 g/mol. The molecule has 0 unspecified atom stereocenters. The van der Waals surface area contributed by atoms with Crippen LogP contribution in [-0.2, 0) is 0 Å². The SMILES string of the molecule is Nc1ccc(Nc2cc(Cl)ccc2C(=O)O)c([N+](=O)[O-])c1. The summed E-state index contributed by atoms with van der Waals surface area (Å²) < 4.78 is 0. The van der Waals surface area contributed by atoms with Crippen LogP contribution in [0.15, 0.2) is 36.4 Å². The molecule has 2 rings (SSSR count). The minimum Gasteiger partial charge on any atom is -0.478 e. The molecule has 4 N–H and O–H groups in total. The second-order valence-electron chi connectivity index (χ2n) is 4.15. The Morgan fingerprint density at radius 3 is 2.57 bits per heavy atom. The van der Waals surface area contributed by atoms with Crippen LogP contribution >= 0.6 is 11.6 Å². The highest BCUT2D eigenvalue weighted by Gasteiger charge is 2.17. The number of hydrogen-bond donors (Lipinski definition) is 3. The molecule has 0 fully saturated rings. The van der Waals surface area contributed by atoms with Gasteiger partial charge in [0, 0.05) is 16.8 Å².